The molecular formula is C9H16BrN3. The molecule has 0 radical (unpaired) electrons. The second kappa shape index (κ2) is 4.24. The van der Waals surface area contributed by atoms with Gasteiger partial charge in [-0.15, -0.1) is 0 Å². The molecule has 0 spiro atoms. The van der Waals surface area contributed by atoms with Crippen molar-refractivity contribution in [1.29, 1.82) is 0 Å². The van der Waals surface area contributed by atoms with Crippen LogP contribution in [0.1, 0.15) is 25.4 Å². The van der Waals surface area contributed by atoms with E-state index in [0.29, 0.717) is 12.5 Å². The van der Waals surface area contributed by atoms with Crippen molar-refractivity contribution in [3.63, 3.8) is 0 Å². The Morgan fingerprint density at radius 3 is 2.54 bits per heavy atom. The summed E-state index contributed by atoms with van der Waals surface area (Å²) < 4.78 is 3.05. The fourth-order valence-corrected chi connectivity index (χ4v) is 1.74. The highest BCUT2D eigenvalue weighted by atomic mass is 79.9. The Kier molecular flexibility index (Phi) is 3.50. The molecular weight excluding hydrogens is 230 g/mol. The first-order valence-electron chi connectivity index (χ1n) is 4.46. The van der Waals surface area contributed by atoms with E-state index in [2.05, 4.69) is 34.8 Å². The summed E-state index contributed by atoms with van der Waals surface area (Å²) in [6.45, 7) is 4.86. The zero-order chi connectivity index (χ0) is 10.0. The molecule has 0 unspecified atom stereocenters. The third-order valence-electron chi connectivity index (χ3n) is 1.97. The van der Waals surface area contributed by atoms with Gasteiger partial charge in [0.2, 0.25) is 0 Å². The highest BCUT2D eigenvalue weighted by molar-refractivity contribution is 9.10. The Bertz CT molecular complexity index is 291. The largest absolute Gasteiger partial charge is 0.325 e. The predicted molar refractivity (Wildman–Crippen MR) is 57.3 cm³/mol. The number of aromatic nitrogens is 2. The molecule has 3 nitrogen and oxygen atoms in total. The number of nitrogens with two attached hydrogens (primary N) is 1. The van der Waals surface area contributed by atoms with Gasteiger partial charge in [0.1, 0.15) is 10.4 Å². The number of rotatable bonds is 3. The van der Waals surface area contributed by atoms with Gasteiger partial charge in [0.25, 0.3) is 0 Å². The van der Waals surface area contributed by atoms with Gasteiger partial charge in [-0.05, 0) is 28.3 Å². The molecule has 1 aromatic rings. The Balaban J connectivity index is 2.95. The van der Waals surface area contributed by atoms with Crippen molar-refractivity contribution in [2.45, 2.75) is 26.8 Å². The van der Waals surface area contributed by atoms with Crippen molar-refractivity contribution in [3.8, 4) is 0 Å². The highest BCUT2D eigenvalue weighted by Crippen LogP contribution is 2.20. The summed E-state index contributed by atoms with van der Waals surface area (Å²) >= 11 is 3.52. The quantitative estimate of drug-likeness (QED) is 0.884. The van der Waals surface area contributed by atoms with Crippen LogP contribution >= 0.6 is 15.9 Å². The molecule has 0 atom stereocenters. The lowest BCUT2D eigenvalue weighted by molar-refractivity contribution is 0.634. The average Bonchev–Trinajstić information content (AvgIpc) is 2.32. The third kappa shape index (κ3) is 2.31. The molecule has 2 N–H and O–H groups in total. The lowest BCUT2D eigenvalue weighted by Crippen LogP contribution is -2.04. The number of imidazole rings is 1. The molecule has 0 saturated heterocycles. The first kappa shape index (κ1) is 10.7. The maximum atomic E-state index is 5.56. The zero-order valence-electron chi connectivity index (χ0n) is 8.34. The highest BCUT2D eigenvalue weighted by Gasteiger charge is 2.11. The summed E-state index contributed by atoms with van der Waals surface area (Å²) in [6, 6.07) is 0. The summed E-state index contributed by atoms with van der Waals surface area (Å²) in [4.78, 5) is 4.46. The van der Waals surface area contributed by atoms with E-state index in [0.717, 1.165) is 22.5 Å². The third-order valence-corrected chi connectivity index (χ3v) is 2.96. The molecule has 0 aliphatic carbocycles. The smallest absolute Gasteiger partial charge is 0.123 e. The van der Waals surface area contributed by atoms with Crippen LogP contribution in [-0.4, -0.2) is 9.55 Å². The minimum absolute atomic E-state index is 0.493. The van der Waals surface area contributed by atoms with Gasteiger partial charge < -0.3 is 10.3 Å². The average molecular weight is 246 g/mol. The van der Waals surface area contributed by atoms with E-state index in [9.17, 15) is 0 Å². The van der Waals surface area contributed by atoms with Gasteiger partial charge in [-0.3, -0.25) is 0 Å². The van der Waals surface area contributed by atoms with Crippen LogP contribution in [0.2, 0.25) is 0 Å². The van der Waals surface area contributed by atoms with Crippen molar-refractivity contribution in [2.24, 2.45) is 18.7 Å². The second-order valence-electron chi connectivity index (χ2n) is 3.63. The Hall–Kier alpha value is -0.350. The maximum Gasteiger partial charge on any atom is 0.123 e. The first-order chi connectivity index (χ1) is 6.06. The summed E-state index contributed by atoms with van der Waals surface area (Å²) in [6.07, 6.45) is 0.994. The van der Waals surface area contributed by atoms with E-state index < -0.39 is 0 Å². The van der Waals surface area contributed by atoms with Crippen molar-refractivity contribution in [2.75, 3.05) is 0 Å². The molecule has 0 fully saturated rings. The van der Waals surface area contributed by atoms with Crippen molar-refractivity contribution < 1.29 is 0 Å². The predicted octanol–water partition coefficient (Wildman–Crippen LogP) is 1.84. The van der Waals surface area contributed by atoms with Crippen LogP contribution in [0.4, 0.5) is 0 Å². The zero-order valence-corrected chi connectivity index (χ0v) is 9.93. The number of hydrogen-bond acceptors (Lipinski definition) is 2. The van der Waals surface area contributed by atoms with Crippen LogP contribution in [0.15, 0.2) is 4.60 Å². The van der Waals surface area contributed by atoms with Gasteiger partial charge in [0.15, 0.2) is 0 Å². The monoisotopic (exact) mass is 245 g/mol. The molecule has 0 bridgehead atoms. The number of halogens is 1. The lowest BCUT2D eigenvalue weighted by atomic mass is 10.1. The van der Waals surface area contributed by atoms with Crippen LogP contribution in [-0.2, 0) is 20.0 Å². The van der Waals surface area contributed by atoms with Crippen LogP contribution in [0.5, 0.6) is 0 Å². The van der Waals surface area contributed by atoms with E-state index in [1.807, 2.05) is 11.6 Å². The molecule has 4 heteroatoms. The molecule has 1 rings (SSSR count). The summed E-state index contributed by atoms with van der Waals surface area (Å²) in [5.41, 5.74) is 6.67. The van der Waals surface area contributed by atoms with Crippen molar-refractivity contribution >= 4 is 15.9 Å². The normalized spacial score (nSPS) is 11.2. The molecule has 74 valence electrons. The molecule has 13 heavy (non-hydrogen) atoms. The number of hydrogen-bond donors (Lipinski definition) is 1. The van der Waals surface area contributed by atoms with E-state index >= 15 is 0 Å². The summed E-state index contributed by atoms with van der Waals surface area (Å²) in [5, 5.41) is 0. The van der Waals surface area contributed by atoms with Gasteiger partial charge in [0.05, 0.1) is 12.2 Å². The lowest BCUT2D eigenvalue weighted by Gasteiger charge is -2.01. The Morgan fingerprint density at radius 2 is 2.15 bits per heavy atom. The summed E-state index contributed by atoms with van der Waals surface area (Å²) in [7, 11) is 1.98. The van der Waals surface area contributed by atoms with Crippen LogP contribution in [0, 0.1) is 5.92 Å². The SMILES string of the molecule is CC(C)Cc1nc(CN)n(C)c1Br. The van der Waals surface area contributed by atoms with Gasteiger partial charge in [-0.2, -0.15) is 0 Å². The van der Waals surface area contributed by atoms with Gasteiger partial charge in [-0.1, -0.05) is 13.8 Å². The Labute approximate surface area is 87.5 Å². The van der Waals surface area contributed by atoms with Crippen LogP contribution in [0.3, 0.4) is 0 Å². The summed E-state index contributed by atoms with van der Waals surface area (Å²) in [5.74, 6) is 1.55. The molecule has 0 aliphatic heterocycles. The van der Waals surface area contributed by atoms with Crippen LogP contribution in [0.25, 0.3) is 0 Å². The van der Waals surface area contributed by atoms with Crippen molar-refractivity contribution in [1.82, 2.24) is 9.55 Å². The standard InChI is InChI=1S/C9H16BrN3/c1-6(2)4-7-9(10)13(3)8(5-11)12-7/h6H,4-5,11H2,1-3H3. The molecule has 0 amide bonds. The van der Waals surface area contributed by atoms with E-state index in [1.54, 1.807) is 0 Å². The van der Waals surface area contributed by atoms with Gasteiger partial charge in [-0.25, -0.2) is 4.98 Å². The van der Waals surface area contributed by atoms with Crippen molar-refractivity contribution in [3.05, 3.63) is 16.1 Å². The minimum Gasteiger partial charge on any atom is -0.325 e. The maximum absolute atomic E-state index is 5.56. The fraction of sp³-hybridized carbons (Fsp3) is 0.667. The van der Waals surface area contributed by atoms with Gasteiger partial charge in [0, 0.05) is 7.05 Å². The fourth-order valence-electron chi connectivity index (χ4n) is 1.28. The van der Waals surface area contributed by atoms with E-state index in [-0.39, 0.29) is 0 Å². The molecule has 0 saturated carbocycles. The molecule has 1 heterocycles. The Morgan fingerprint density at radius 1 is 1.54 bits per heavy atom. The van der Waals surface area contributed by atoms with E-state index in [4.69, 9.17) is 5.73 Å². The van der Waals surface area contributed by atoms with Gasteiger partial charge >= 0.3 is 0 Å². The minimum atomic E-state index is 0.493. The second-order valence-corrected chi connectivity index (χ2v) is 4.38. The van der Waals surface area contributed by atoms with E-state index in [1.165, 1.54) is 0 Å². The first-order valence-corrected chi connectivity index (χ1v) is 5.25. The topological polar surface area (TPSA) is 43.8 Å². The molecule has 0 aliphatic rings. The molecule has 1 aromatic heterocycles. The van der Waals surface area contributed by atoms with Crippen LogP contribution < -0.4 is 5.73 Å². The molecule has 0 aromatic carbocycles. The number of nitrogens with zero attached hydrogens (tertiary/aromatic N) is 2.